The predicted molar refractivity (Wildman–Crippen MR) is 599 cm³/mol. The first-order valence-electron chi connectivity index (χ1n) is 63.8. The van der Waals surface area contributed by atoms with Crippen LogP contribution in [-0.2, 0) is 32.5 Å². The van der Waals surface area contributed by atoms with E-state index in [1.807, 2.05) is 0 Å². The second-order valence-corrected chi connectivity index (χ2v) is 44.0. The normalized spacial score (nSPS) is 18.2. The van der Waals surface area contributed by atoms with Gasteiger partial charge in [-0.2, -0.15) is 11.3 Å². The molecular weight excluding hydrogens is 1690 g/mol. The standard InChI is InChI=1S/C49H59BN2S.C43H36BN3.C35H31BN2/c1-30-27-38-41-39(28-30)52(35-22-17-32(18-23-35)46(5,6)7)42-40-43(49(13,14)26-25-48(40,11)12)53-44(42)50(41)36-29-33(47(8,9)10)19-24-37(36)51(38)34-20-15-31(16-21-34)45(2,3)4;1-29-27-38-40-39(28-29)46(33-25-23-30(24-26-33)43(2,3)4)41-34-19-11-13-21-36(34)47(32-17-9-6-10-18-32)42(41)44(40)35-20-12-14-22-37(35)45(38)31-15-7-5-8-16-31;1-22-6-12-27(13-7-22)37-31-16-10-24(3)18-29(31)36-30-19-25(4)11-17-32(30)38(28-14-8-23(2)9-15-28)34-21-26(5)20-33(37)35(34)36/h15-24,27-29H,25-26H2,1-14H3;5-28H,1-4H3;6-21H,1-5H3/i;5D,7D,8D,11D,12D,13D,14D,15D,16D,19D,20D,21D,22D,23D,24D,25D,26D;6D,7D,8D,9D,10D,11D,12D,13D,14D,15D,16D,17D,18D,19D,20D,21D. The van der Waals surface area contributed by atoms with Crippen LogP contribution < -0.4 is 78.0 Å². The van der Waals surface area contributed by atoms with E-state index in [4.69, 9.17) is 23.3 Å². The molecule has 0 bridgehead atoms. The third-order valence-electron chi connectivity index (χ3n) is 27.9. The smallest absolute Gasteiger partial charge is 0.273 e. The van der Waals surface area contributed by atoms with Crippen molar-refractivity contribution in [1.29, 1.82) is 0 Å². The van der Waals surface area contributed by atoms with Crippen molar-refractivity contribution in [2.75, 3.05) is 29.4 Å². The topological polar surface area (TPSA) is 24.4 Å². The molecule has 11 heteroatoms. The van der Waals surface area contributed by atoms with Gasteiger partial charge in [0.25, 0.3) is 20.1 Å². The van der Waals surface area contributed by atoms with Crippen molar-refractivity contribution < 1.29 is 45.2 Å². The van der Waals surface area contributed by atoms with E-state index < -0.39 is 187 Å². The summed E-state index contributed by atoms with van der Waals surface area (Å²) in [6.45, 7) is 44.8. The summed E-state index contributed by atoms with van der Waals surface area (Å²) in [6, 6.07) is 26.3. The molecule has 0 spiro atoms. The lowest BCUT2D eigenvalue weighted by Crippen LogP contribution is -2.62. The van der Waals surface area contributed by atoms with Gasteiger partial charge in [0.15, 0.2) is 0 Å². The summed E-state index contributed by atoms with van der Waals surface area (Å²) in [5.74, 6) is 0. The molecule has 1 aliphatic carbocycles. The summed E-state index contributed by atoms with van der Waals surface area (Å²) in [7, 11) is 0. The monoisotopic (exact) mass is 1850 g/mol. The Labute approximate surface area is 871 Å². The highest BCUT2D eigenvalue weighted by Gasteiger charge is 2.53. The van der Waals surface area contributed by atoms with Crippen molar-refractivity contribution in [3.63, 3.8) is 0 Å². The number of nitrogens with zero attached hydrogens (tertiary/aromatic N) is 7. The van der Waals surface area contributed by atoms with Crippen LogP contribution >= 0.6 is 11.3 Å². The first-order chi connectivity index (χ1) is 79.7. The van der Waals surface area contributed by atoms with Gasteiger partial charge in [0.05, 0.1) is 62.1 Å². The van der Waals surface area contributed by atoms with Gasteiger partial charge < -0.3 is 34.0 Å². The quantitative estimate of drug-likeness (QED) is 0.147. The highest BCUT2D eigenvalue weighted by molar-refractivity contribution is 7.29. The first kappa shape index (κ1) is 59.6. The number of anilines is 18. The fourth-order valence-corrected chi connectivity index (χ4v) is 22.7. The molecule has 8 heterocycles. The Kier molecular flexibility index (Phi) is 14.2. The summed E-state index contributed by atoms with van der Waals surface area (Å²) in [5, 5.41) is -0.0780. The maximum Gasteiger partial charge on any atom is 0.273 e. The van der Waals surface area contributed by atoms with Gasteiger partial charge in [0.2, 0.25) is 0 Å². The lowest BCUT2D eigenvalue weighted by Gasteiger charge is -2.45. The van der Waals surface area contributed by atoms with Crippen molar-refractivity contribution in [2.24, 2.45) is 0 Å². The summed E-state index contributed by atoms with van der Waals surface area (Å²) >= 11 is 2.11. The van der Waals surface area contributed by atoms with Crippen molar-refractivity contribution in [1.82, 2.24) is 4.57 Å². The molecule has 0 saturated heterocycles. The number of fused-ring (bicyclic) bond motifs is 16. The maximum absolute atomic E-state index is 9.66. The van der Waals surface area contributed by atoms with E-state index in [-0.39, 0.29) is 211 Å². The highest BCUT2D eigenvalue weighted by Crippen LogP contribution is 2.58. The van der Waals surface area contributed by atoms with Crippen LogP contribution in [0.5, 0.6) is 0 Å². The molecule has 0 saturated carbocycles. The van der Waals surface area contributed by atoms with Gasteiger partial charge in [-0.3, -0.25) is 0 Å². The second kappa shape index (κ2) is 32.9. The third kappa shape index (κ3) is 14.9. The Hall–Kier alpha value is -13.5. The number of benzene rings is 15. The van der Waals surface area contributed by atoms with Gasteiger partial charge in [-0.05, 0) is 328 Å². The maximum atomic E-state index is 9.66. The Bertz CT molecular complexity index is 9610. The van der Waals surface area contributed by atoms with Crippen LogP contribution in [0.25, 0.3) is 16.6 Å². The molecule has 684 valence electrons. The lowest BCUT2D eigenvalue weighted by atomic mass is 9.33. The lowest BCUT2D eigenvalue weighted by molar-refractivity contribution is 0.339. The molecule has 0 atom stereocenters. The van der Waals surface area contributed by atoms with E-state index in [0.717, 1.165) is 9.80 Å². The molecule has 7 nitrogen and oxygen atoms in total. The van der Waals surface area contributed by atoms with Crippen LogP contribution in [-0.4, -0.2) is 24.7 Å². The highest BCUT2D eigenvalue weighted by atomic mass is 32.1. The predicted octanol–water partition coefficient (Wildman–Crippen LogP) is 29.0. The molecule has 17 aromatic rings. The molecule has 2 aromatic heterocycles. The number of aryl methyl sites for hydroxylation is 2. The van der Waals surface area contributed by atoms with E-state index in [1.165, 1.54) is 129 Å². The van der Waals surface area contributed by atoms with Crippen LogP contribution in [0.15, 0.2) is 321 Å². The van der Waals surface area contributed by atoms with Gasteiger partial charge in [-0.15, -0.1) is 0 Å². The van der Waals surface area contributed by atoms with Gasteiger partial charge in [-0.1, -0.05) is 302 Å². The molecule has 24 rings (SSSR count). The number of para-hydroxylation sites is 4. The van der Waals surface area contributed by atoms with Gasteiger partial charge in [0, 0.05) is 117 Å². The minimum atomic E-state index is -1.35. The number of hydrogen-bond donors (Lipinski definition) is 0. The number of aromatic nitrogens is 1. The minimum Gasteiger partial charge on any atom is -0.319 e. The Balaban J connectivity index is 0.000000141. The third-order valence-corrected chi connectivity index (χ3v) is 29.5. The molecule has 0 fully saturated rings. The fraction of sp³-hybridized carbons (Fsp3) is 0.244. The molecule has 0 radical (unpaired) electrons. The number of rotatable bonds is 7. The number of hydrogen-bond acceptors (Lipinski definition) is 7. The largest absolute Gasteiger partial charge is 0.319 e. The van der Waals surface area contributed by atoms with E-state index in [2.05, 4.69) is 197 Å². The first-order valence-corrected chi connectivity index (χ1v) is 48.1. The van der Waals surface area contributed by atoms with E-state index >= 15 is 0 Å². The van der Waals surface area contributed by atoms with Crippen LogP contribution in [0, 0.1) is 48.5 Å². The Morgan fingerprint density at radius 3 is 1.25 bits per heavy atom. The average molecular weight is 1850 g/mol. The van der Waals surface area contributed by atoms with Crippen LogP contribution in [0.2, 0.25) is 0 Å². The van der Waals surface area contributed by atoms with Crippen LogP contribution in [0.4, 0.5) is 102 Å². The van der Waals surface area contributed by atoms with Crippen molar-refractivity contribution in [2.45, 2.75) is 205 Å². The van der Waals surface area contributed by atoms with Crippen LogP contribution in [0.1, 0.15) is 240 Å². The van der Waals surface area contributed by atoms with Crippen molar-refractivity contribution in [3.05, 3.63) is 392 Å². The van der Waals surface area contributed by atoms with Crippen molar-refractivity contribution in [3.8, 4) is 5.69 Å². The summed E-state index contributed by atoms with van der Waals surface area (Å²) in [5.41, 5.74) is 15.9. The Morgan fingerprint density at radius 1 is 0.290 bits per heavy atom. The zero-order valence-corrected chi connectivity index (χ0v) is 83.0. The van der Waals surface area contributed by atoms with Gasteiger partial charge >= 0.3 is 0 Å². The molecule has 0 N–H and O–H groups in total. The molecule has 7 aliphatic rings. The SMILES string of the molecule is Cc1cc2c3c(c1)N(c1ccc(C(C)(C)C)cc1)c1c(sc4c1C(C)(C)CCC4(C)C)B3c1cc(C(C)(C)C)ccc1N2c1ccc(C(C)(C)C)cc1.[2H]c1c([2H])c(N2c3c([2H])c([2H])c(C)c([2H])c3B3c4c([2H])c(C)c([2H])c([2H])c4N(c4c([2H])c([2H])c(C)c([2H])c4[2H])c4c([2H])c(C)c([2H])c2c43)c([2H])c([2H])c1C.[2H]c1c([2H])c([2H])c(N2c3cc(C)cc4c3B(c3c([2H])c([2H])c([2H])c([2H])c32)c2c(c3c([2H])c([2H])c([2H])c([2H])c3n2-c2ccccc2)N4c2c([2H])c([2H])c(C(C)(C)C)c([2H])c2[2H])c([2H])c1[2H]. The molecule has 0 unspecified atom stereocenters. The van der Waals surface area contributed by atoms with E-state index in [0.29, 0.717) is 11.3 Å². The van der Waals surface area contributed by atoms with E-state index in [1.54, 1.807) is 85.2 Å². The Morgan fingerprint density at radius 2 is 0.710 bits per heavy atom. The van der Waals surface area contributed by atoms with Gasteiger partial charge in [-0.25, -0.2) is 0 Å². The average Bonchev–Trinajstić information content (AvgIpc) is 1.38. The summed E-state index contributed by atoms with van der Waals surface area (Å²) < 4.78 is 305. The molecular formula is C127H126B3N7S. The summed E-state index contributed by atoms with van der Waals surface area (Å²) in [6.07, 6.45) is 2.39. The minimum absolute atomic E-state index is 0.00108. The van der Waals surface area contributed by atoms with E-state index in [9.17, 15) is 21.9 Å². The van der Waals surface area contributed by atoms with Gasteiger partial charge in [0.1, 0.15) is 0 Å². The zero-order valence-electron chi connectivity index (χ0n) is 115. The van der Waals surface area contributed by atoms with Crippen LogP contribution in [0.3, 0.4) is 0 Å². The van der Waals surface area contributed by atoms with Crippen molar-refractivity contribution >= 4 is 193 Å². The zero-order chi connectivity index (χ0) is 125. The molecule has 6 aliphatic heterocycles. The molecule has 15 aromatic carbocycles. The molecule has 0 amide bonds. The molecule has 138 heavy (non-hydrogen) atoms. The number of thiophene rings is 1. The fourth-order valence-electron chi connectivity index (χ4n) is 21.0. The second-order valence-electron chi connectivity index (χ2n) is 42.9. The summed E-state index contributed by atoms with van der Waals surface area (Å²) in [4.78, 5) is 11.8.